The van der Waals surface area contributed by atoms with Crippen molar-refractivity contribution in [2.24, 2.45) is 5.41 Å². The van der Waals surface area contributed by atoms with Crippen molar-refractivity contribution in [2.45, 2.75) is 20.8 Å². The quantitative estimate of drug-likeness (QED) is 0.514. The van der Waals surface area contributed by atoms with Crippen molar-refractivity contribution in [2.75, 3.05) is 6.61 Å². The summed E-state index contributed by atoms with van der Waals surface area (Å²) in [5.41, 5.74) is -0.174. The molecule has 0 aromatic rings. The lowest BCUT2D eigenvalue weighted by atomic mass is 9.99. The molecule has 0 aliphatic rings. The number of hydrogen-bond donors (Lipinski definition) is 0. The van der Waals surface area contributed by atoms with Gasteiger partial charge >= 0.3 is 0 Å². The third kappa shape index (κ3) is 6.59. The van der Waals surface area contributed by atoms with Crippen molar-refractivity contribution in [3.63, 3.8) is 0 Å². The first kappa shape index (κ1) is 11.2. The number of halogens is 1. The van der Waals surface area contributed by atoms with Gasteiger partial charge in [-0.25, -0.2) is 8.42 Å². The van der Waals surface area contributed by atoms with Crippen LogP contribution < -0.4 is 0 Å². The van der Waals surface area contributed by atoms with E-state index in [9.17, 15) is 8.42 Å². The van der Waals surface area contributed by atoms with Crippen LogP contribution in [0.1, 0.15) is 20.8 Å². The van der Waals surface area contributed by atoms with E-state index in [1.165, 1.54) is 0 Å². The van der Waals surface area contributed by atoms with Gasteiger partial charge in [-0.1, -0.05) is 26.0 Å². The summed E-state index contributed by atoms with van der Waals surface area (Å²) in [5, 5.41) is 0.527. The highest BCUT2D eigenvalue weighted by Gasteiger charge is 2.12. The van der Waals surface area contributed by atoms with Crippen molar-refractivity contribution in [1.82, 2.24) is 0 Å². The molecule has 11 heavy (non-hydrogen) atoms. The maximum absolute atomic E-state index is 10.6. The molecule has 0 rings (SSSR count). The Labute approximate surface area is 72.8 Å². The van der Waals surface area contributed by atoms with Crippen LogP contribution in [-0.2, 0) is 14.3 Å². The fourth-order valence-electron chi connectivity index (χ4n) is 0.285. The zero-order valence-electron chi connectivity index (χ0n) is 6.80. The van der Waals surface area contributed by atoms with Gasteiger partial charge in [-0.3, -0.25) is 4.18 Å². The molecule has 0 amide bonds. The molecule has 0 N–H and O–H groups in total. The molecule has 0 aromatic carbocycles. The van der Waals surface area contributed by atoms with Crippen molar-refractivity contribution in [3.05, 3.63) is 5.21 Å². The summed E-state index contributed by atoms with van der Waals surface area (Å²) in [6.45, 7) is 5.75. The molecule has 3 nitrogen and oxygen atoms in total. The van der Waals surface area contributed by atoms with Crippen molar-refractivity contribution in [3.8, 4) is 0 Å². The number of hydrogen-bond acceptors (Lipinski definition) is 3. The molecular formula is C6H12ClO3S-. The van der Waals surface area contributed by atoms with E-state index in [4.69, 9.17) is 11.6 Å². The van der Waals surface area contributed by atoms with Gasteiger partial charge in [0.1, 0.15) is 10.1 Å². The van der Waals surface area contributed by atoms with Crippen LogP contribution in [-0.4, -0.2) is 15.0 Å². The summed E-state index contributed by atoms with van der Waals surface area (Å²) in [7, 11) is -3.61. The fourth-order valence-corrected chi connectivity index (χ4v) is 1.01. The molecule has 0 fully saturated rings. The molecule has 0 radical (unpaired) electrons. The van der Waals surface area contributed by atoms with Gasteiger partial charge in [0.05, 0.1) is 6.61 Å². The minimum atomic E-state index is -3.61. The van der Waals surface area contributed by atoms with Gasteiger partial charge < -0.3 is 11.6 Å². The average molecular weight is 200 g/mol. The Bertz CT molecular complexity index is 202. The van der Waals surface area contributed by atoms with Gasteiger partial charge in [0, 0.05) is 0 Å². The maximum atomic E-state index is 10.6. The maximum Gasteiger partial charge on any atom is 0.149 e. The summed E-state index contributed by atoms with van der Waals surface area (Å²) < 4.78 is 25.8. The lowest BCUT2D eigenvalue weighted by Gasteiger charge is -2.19. The predicted molar refractivity (Wildman–Crippen MR) is 44.5 cm³/mol. The van der Waals surface area contributed by atoms with Crippen LogP contribution in [0, 0.1) is 10.6 Å². The lowest BCUT2D eigenvalue weighted by molar-refractivity contribution is 0.206. The SMILES string of the molecule is CC(C)(C)COS(=O)(=O)[CH-]Cl. The Hall–Kier alpha value is 0.200. The minimum Gasteiger partial charge on any atom is -0.330 e. The van der Waals surface area contributed by atoms with Gasteiger partial charge in [0.2, 0.25) is 0 Å². The second kappa shape index (κ2) is 3.74. The van der Waals surface area contributed by atoms with Crippen molar-refractivity contribution >= 4 is 21.7 Å². The van der Waals surface area contributed by atoms with E-state index >= 15 is 0 Å². The fraction of sp³-hybridized carbons (Fsp3) is 0.833. The minimum absolute atomic E-state index is 0.137. The molecule has 0 saturated heterocycles. The molecule has 0 aromatic heterocycles. The van der Waals surface area contributed by atoms with E-state index in [2.05, 4.69) is 4.18 Å². The molecule has 0 spiro atoms. The third-order valence-corrected chi connectivity index (χ3v) is 2.08. The van der Waals surface area contributed by atoms with E-state index < -0.39 is 10.1 Å². The summed E-state index contributed by atoms with van der Waals surface area (Å²) >= 11 is 4.98. The van der Waals surface area contributed by atoms with Crippen LogP contribution >= 0.6 is 11.6 Å². The zero-order chi connectivity index (χ0) is 9.12. The van der Waals surface area contributed by atoms with Crippen LogP contribution in [0.3, 0.4) is 0 Å². The second-order valence-electron chi connectivity index (χ2n) is 3.40. The van der Waals surface area contributed by atoms with Crippen molar-refractivity contribution < 1.29 is 12.6 Å². The molecule has 5 heteroatoms. The highest BCUT2D eigenvalue weighted by molar-refractivity contribution is 7.90. The first-order valence-corrected chi connectivity index (χ1v) is 5.00. The van der Waals surface area contributed by atoms with E-state index in [-0.39, 0.29) is 12.0 Å². The van der Waals surface area contributed by atoms with Gasteiger partial charge in [-0.05, 0) is 5.41 Å². The Morgan fingerprint density at radius 1 is 1.45 bits per heavy atom. The Balaban J connectivity index is 3.91. The predicted octanol–water partition coefficient (Wildman–Crippen LogP) is 1.74. The number of rotatable bonds is 3. The Kier molecular flexibility index (Phi) is 3.80. The molecular weight excluding hydrogens is 188 g/mol. The van der Waals surface area contributed by atoms with E-state index in [1.807, 2.05) is 20.8 Å². The molecule has 0 aliphatic heterocycles. The summed E-state index contributed by atoms with van der Waals surface area (Å²) in [5.74, 6) is 0. The smallest absolute Gasteiger partial charge is 0.149 e. The second-order valence-corrected chi connectivity index (χ2v) is 5.34. The van der Waals surface area contributed by atoms with Crippen LogP contribution in [0.25, 0.3) is 0 Å². The normalized spacial score (nSPS) is 13.5. The van der Waals surface area contributed by atoms with E-state index in [0.29, 0.717) is 5.21 Å². The van der Waals surface area contributed by atoms with Gasteiger partial charge in [-0.15, -0.1) is 0 Å². The average Bonchev–Trinajstić information content (AvgIpc) is 1.83. The Morgan fingerprint density at radius 2 is 1.91 bits per heavy atom. The van der Waals surface area contributed by atoms with E-state index in [0.717, 1.165) is 0 Å². The molecule has 0 saturated carbocycles. The van der Waals surface area contributed by atoms with Crippen molar-refractivity contribution in [1.29, 1.82) is 0 Å². The van der Waals surface area contributed by atoms with Crippen LogP contribution in [0.5, 0.6) is 0 Å². The van der Waals surface area contributed by atoms with Crippen LogP contribution in [0.15, 0.2) is 0 Å². The third-order valence-electron chi connectivity index (χ3n) is 0.765. The lowest BCUT2D eigenvalue weighted by Crippen LogP contribution is -2.17. The molecule has 0 aliphatic carbocycles. The molecule has 0 atom stereocenters. The summed E-state index contributed by atoms with van der Waals surface area (Å²) in [4.78, 5) is 0. The Morgan fingerprint density at radius 3 is 2.18 bits per heavy atom. The highest BCUT2D eigenvalue weighted by atomic mass is 35.5. The molecule has 0 heterocycles. The topological polar surface area (TPSA) is 43.4 Å². The zero-order valence-corrected chi connectivity index (χ0v) is 8.37. The summed E-state index contributed by atoms with van der Waals surface area (Å²) in [6, 6.07) is 0. The first-order valence-electron chi connectivity index (χ1n) is 3.10. The molecule has 0 unspecified atom stereocenters. The van der Waals surface area contributed by atoms with Gasteiger partial charge in [-0.2, -0.15) is 0 Å². The van der Waals surface area contributed by atoms with Gasteiger partial charge in [0.15, 0.2) is 0 Å². The monoisotopic (exact) mass is 199 g/mol. The molecule has 68 valence electrons. The highest BCUT2D eigenvalue weighted by Crippen LogP contribution is 2.15. The van der Waals surface area contributed by atoms with E-state index in [1.54, 1.807) is 0 Å². The standard InChI is InChI=1S/C6H12ClO3S/c1-6(2,3)4-10-11(8,9)5-7/h5H,4H2,1-3H3/q-1. The first-order chi connectivity index (χ1) is 4.77. The summed E-state index contributed by atoms with van der Waals surface area (Å²) in [6.07, 6.45) is 0. The van der Waals surface area contributed by atoms with Gasteiger partial charge in [0.25, 0.3) is 0 Å². The largest absolute Gasteiger partial charge is 0.330 e. The van der Waals surface area contributed by atoms with Crippen LogP contribution in [0.2, 0.25) is 0 Å². The van der Waals surface area contributed by atoms with Crippen LogP contribution in [0.4, 0.5) is 0 Å². The molecule has 0 bridgehead atoms.